The van der Waals surface area contributed by atoms with E-state index in [2.05, 4.69) is 5.32 Å². The number of halogens is 2. The van der Waals surface area contributed by atoms with Crippen LogP contribution in [0.4, 0.5) is 4.79 Å². The summed E-state index contributed by atoms with van der Waals surface area (Å²) in [7, 11) is 0. The zero-order valence-electron chi connectivity index (χ0n) is 13.5. The number of aryl methyl sites for hydroxylation is 1. The number of nitrogens with one attached hydrogen (secondary N) is 1. The molecular formula is C17H21Cl2NO3. The second kappa shape index (κ2) is 6.70. The molecule has 0 heterocycles. The summed E-state index contributed by atoms with van der Waals surface area (Å²) in [6.45, 7) is 5.37. The van der Waals surface area contributed by atoms with Crippen LogP contribution in [0.15, 0.2) is 18.2 Å². The van der Waals surface area contributed by atoms with Crippen molar-refractivity contribution in [1.82, 2.24) is 5.32 Å². The van der Waals surface area contributed by atoms with Crippen molar-refractivity contribution in [3.63, 3.8) is 0 Å². The maximum absolute atomic E-state index is 12.4. The summed E-state index contributed by atoms with van der Waals surface area (Å²) >= 11 is 11.8. The van der Waals surface area contributed by atoms with Crippen molar-refractivity contribution in [2.24, 2.45) is 0 Å². The van der Waals surface area contributed by atoms with E-state index in [1.165, 1.54) is 0 Å². The molecule has 0 aromatic heterocycles. The van der Waals surface area contributed by atoms with Crippen molar-refractivity contribution in [1.29, 1.82) is 0 Å². The average Bonchev–Trinajstić information content (AvgIpc) is 3.18. The van der Waals surface area contributed by atoms with Gasteiger partial charge < -0.3 is 10.1 Å². The lowest BCUT2D eigenvalue weighted by Crippen LogP contribution is -2.45. The molecule has 0 spiro atoms. The van der Waals surface area contributed by atoms with Gasteiger partial charge in [-0.15, -0.1) is 0 Å². The van der Waals surface area contributed by atoms with Crippen LogP contribution in [0.5, 0.6) is 0 Å². The molecule has 1 aromatic carbocycles. The van der Waals surface area contributed by atoms with E-state index in [0.29, 0.717) is 35.7 Å². The zero-order chi connectivity index (χ0) is 17.3. The van der Waals surface area contributed by atoms with Crippen LogP contribution in [-0.2, 0) is 16.0 Å². The van der Waals surface area contributed by atoms with Gasteiger partial charge in [-0.2, -0.15) is 0 Å². The minimum absolute atomic E-state index is 0.0226. The number of Topliss-reactive ketones (excluding diaryl/α,β-unsaturated/α-hetero) is 1. The normalized spacial score (nSPS) is 15.9. The lowest BCUT2D eigenvalue weighted by atomic mass is 10.0. The van der Waals surface area contributed by atoms with Gasteiger partial charge in [-0.3, -0.25) is 4.79 Å². The number of hydrogen-bond acceptors (Lipinski definition) is 3. The molecule has 23 heavy (non-hydrogen) atoms. The van der Waals surface area contributed by atoms with Crippen LogP contribution in [0, 0.1) is 0 Å². The van der Waals surface area contributed by atoms with Gasteiger partial charge in [0.1, 0.15) is 11.1 Å². The molecule has 1 aromatic rings. The van der Waals surface area contributed by atoms with E-state index in [1.54, 1.807) is 32.9 Å². The standard InChI is InChI=1S/C17H21Cl2NO3/c1-16(2,3)23-15(22)20-17(8-9-17)14(21)7-5-11-4-6-12(18)13(19)10-11/h4,6,10H,5,7-9H2,1-3H3,(H,20,22). The van der Waals surface area contributed by atoms with Crippen molar-refractivity contribution in [2.45, 2.75) is 57.6 Å². The van der Waals surface area contributed by atoms with E-state index < -0.39 is 17.2 Å². The second-order valence-corrected chi connectivity index (χ2v) is 7.70. The fourth-order valence-corrected chi connectivity index (χ4v) is 2.61. The highest BCUT2D eigenvalue weighted by molar-refractivity contribution is 6.42. The third kappa shape index (κ3) is 5.11. The van der Waals surface area contributed by atoms with E-state index >= 15 is 0 Å². The molecule has 1 amide bonds. The number of ether oxygens (including phenoxy) is 1. The van der Waals surface area contributed by atoms with Gasteiger partial charge in [0.2, 0.25) is 0 Å². The fourth-order valence-electron chi connectivity index (χ4n) is 2.29. The molecule has 0 saturated heterocycles. The number of carbonyl (C=O) groups is 2. The summed E-state index contributed by atoms with van der Waals surface area (Å²) in [4.78, 5) is 24.3. The Balaban J connectivity index is 1.89. The van der Waals surface area contributed by atoms with Gasteiger partial charge in [0.05, 0.1) is 10.0 Å². The lowest BCUT2D eigenvalue weighted by Gasteiger charge is -2.22. The number of carbonyl (C=O) groups excluding carboxylic acids is 2. The van der Waals surface area contributed by atoms with E-state index in [1.807, 2.05) is 6.07 Å². The van der Waals surface area contributed by atoms with Gasteiger partial charge in [0, 0.05) is 6.42 Å². The molecule has 1 aliphatic carbocycles. The number of rotatable bonds is 5. The van der Waals surface area contributed by atoms with Crippen LogP contribution in [0.3, 0.4) is 0 Å². The topological polar surface area (TPSA) is 55.4 Å². The molecule has 1 saturated carbocycles. The summed E-state index contributed by atoms with van der Waals surface area (Å²) in [5.41, 5.74) is -0.386. The first-order valence-corrected chi connectivity index (χ1v) is 8.35. The Hall–Kier alpha value is -1.26. The van der Waals surface area contributed by atoms with E-state index in [9.17, 15) is 9.59 Å². The monoisotopic (exact) mass is 357 g/mol. The SMILES string of the molecule is CC(C)(C)OC(=O)NC1(C(=O)CCc2ccc(Cl)c(Cl)c2)CC1. The average molecular weight is 358 g/mol. The number of amides is 1. The summed E-state index contributed by atoms with van der Waals surface area (Å²) in [6.07, 6.45) is 1.68. The lowest BCUT2D eigenvalue weighted by molar-refractivity contribution is -0.122. The number of ketones is 1. The number of hydrogen-bond donors (Lipinski definition) is 1. The van der Waals surface area contributed by atoms with Gasteiger partial charge in [-0.25, -0.2) is 4.79 Å². The summed E-state index contributed by atoms with van der Waals surface area (Å²) < 4.78 is 5.22. The van der Waals surface area contributed by atoms with Gasteiger partial charge in [0.25, 0.3) is 0 Å². The molecule has 0 radical (unpaired) electrons. The molecule has 4 nitrogen and oxygen atoms in total. The number of benzene rings is 1. The van der Waals surface area contributed by atoms with Crippen molar-refractivity contribution in [3.8, 4) is 0 Å². The highest BCUT2D eigenvalue weighted by Gasteiger charge is 2.50. The Morgan fingerprint density at radius 1 is 1.22 bits per heavy atom. The summed E-state index contributed by atoms with van der Waals surface area (Å²) in [5, 5.41) is 3.69. The minimum Gasteiger partial charge on any atom is -0.444 e. The van der Waals surface area contributed by atoms with Crippen LogP contribution in [0.25, 0.3) is 0 Å². The molecule has 126 valence electrons. The first-order valence-electron chi connectivity index (χ1n) is 7.60. The Morgan fingerprint density at radius 2 is 1.87 bits per heavy atom. The van der Waals surface area contributed by atoms with Gasteiger partial charge in [-0.1, -0.05) is 29.3 Å². The molecule has 1 N–H and O–H groups in total. The van der Waals surface area contributed by atoms with E-state index in [0.717, 1.165) is 5.56 Å². The highest BCUT2D eigenvalue weighted by Crippen LogP contribution is 2.38. The van der Waals surface area contributed by atoms with Crippen molar-refractivity contribution in [3.05, 3.63) is 33.8 Å². The van der Waals surface area contributed by atoms with Crippen LogP contribution < -0.4 is 5.32 Å². The largest absolute Gasteiger partial charge is 0.444 e. The molecule has 0 unspecified atom stereocenters. The predicted molar refractivity (Wildman–Crippen MR) is 91.1 cm³/mol. The molecule has 1 fully saturated rings. The zero-order valence-corrected chi connectivity index (χ0v) is 15.1. The van der Waals surface area contributed by atoms with Gasteiger partial charge in [-0.05, 0) is 57.7 Å². The summed E-state index contributed by atoms with van der Waals surface area (Å²) in [5.74, 6) is 0.0226. The van der Waals surface area contributed by atoms with E-state index in [-0.39, 0.29) is 5.78 Å². The molecule has 6 heteroatoms. The quantitative estimate of drug-likeness (QED) is 0.840. The van der Waals surface area contributed by atoms with Crippen molar-refractivity contribution in [2.75, 3.05) is 0 Å². The number of alkyl carbamates (subject to hydrolysis) is 1. The van der Waals surface area contributed by atoms with Crippen LogP contribution in [0.2, 0.25) is 10.0 Å². The third-order valence-corrected chi connectivity index (χ3v) is 4.39. The second-order valence-electron chi connectivity index (χ2n) is 6.88. The third-order valence-electron chi connectivity index (χ3n) is 3.65. The predicted octanol–water partition coefficient (Wildman–Crippen LogP) is 4.55. The van der Waals surface area contributed by atoms with Crippen molar-refractivity contribution >= 4 is 35.1 Å². The maximum atomic E-state index is 12.4. The molecule has 0 atom stereocenters. The van der Waals surface area contributed by atoms with Crippen LogP contribution in [0.1, 0.15) is 45.6 Å². The fraction of sp³-hybridized carbons (Fsp3) is 0.529. The minimum atomic E-state index is -0.751. The molecule has 2 rings (SSSR count). The maximum Gasteiger partial charge on any atom is 0.408 e. The van der Waals surface area contributed by atoms with Gasteiger partial charge >= 0.3 is 6.09 Å². The molecular weight excluding hydrogens is 337 g/mol. The summed E-state index contributed by atoms with van der Waals surface area (Å²) in [6, 6.07) is 5.33. The van der Waals surface area contributed by atoms with Crippen LogP contribution >= 0.6 is 23.2 Å². The van der Waals surface area contributed by atoms with Crippen LogP contribution in [-0.4, -0.2) is 23.0 Å². The molecule has 0 aliphatic heterocycles. The Labute approximate surface area is 146 Å². The first-order chi connectivity index (χ1) is 10.6. The molecule has 0 bridgehead atoms. The molecule has 1 aliphatic rings. The van der Waals surface area contributed by atoms with E-state index in [4.69, 9.17) is 27.9 Å². The Kier molecular flexibility index (Phi) is 5.27. The Morgan fingerprint density at radius 3 is 2.39 bits per heavy atom. The smallest absolute Gasteiger partial charge is 0.408 e. The Bertz CT molecular complexity index is 619. The highest BCUT2D eigenvalue weighted by atomic mass is 35.5. The van der Waals surface area contributed by atoms with Crippen molar-refractivity contribution < 1.29 is 14.3 Å². The first kappa shape index (κ1) is 18.1. The van der Waals surface area contributed by atoms with Gasteiger partial charge in [0.15, 0.2) is 5.78 Å².